The minimum absolute atomic E-state index is 0.263. The Morgan fingerprint density at radius 1 is 1.47 bits per heavy atom. The molecule has 0 aliphatic heterocycles. The number of rotatable bonds is 6. The Hall–Kier alpha value is -1.55. The highest BCUT2D eigenvalue weighted by molar-refractivity contribution is 5.75. The largest absolute Gasteiger partial charge is 0.492 e. The molecule has 0 bridgehead atoms. The molecule has 0 aromatic heterocycles. The molecule has 0 aliphatic rings. The van der Waals surface area contributed by atoms with Crippen LogP contribution in [-0.2, 0) is 9.53 Å². The summed E-state index contributed by atoms with van der Waals surface area (Å²) in [7, 11) is 1.38. The molecule has 0 aliphatic carbocycles. The lowest BCUT2D eigenvalue weighted by molar-refractivity contribution is -0.142. The van der Waals surface area contributed by atoms with Gasteiger partial charge in [0.2, 0.25) is 0 Å². The van der Waals surface area contributed by atoms with Gasteiger partial charge in [-0.15, -0.1) is 0 Å². The third-order valence-corrected chi connectivity index (χ3v) is 2.37. The minimum atomic E-state index is -0.305. The van der Waals surface area contributed by atoms with Crippen LogP contribution in [-0.4, -0.2) is 32.3 Å². The zero-order chi connectivity index (χ0) is 12.7. The van der Waals surface area contributed by atoms with Gasteiger partial charge in [0.15, 0.2) is 0 Å². The van der Waals surface area contributed by atoms with Gasteiger partial charge in [-0.25, -0.2) is 0 Å². The standard InChI is InChI=1S/C13H19NO3/c1-10-5-4-6-12(9-10)17-8-7-14-11(2)13(15)16-3/h4-6,9,11,14H,7-8H2,1-3H3. The first kappa shape index (κ1) is 13.5. The maximum Gasteiger partial charge on any atom is 0.322 e. The fourth-order valence-corrected chi connectivity index (χ4v) is 1.41. The van der Waals surface area contributed by atoms with Gasteiger partial charge < -0.3 is 14.8 Å². The SMILES string of the molecule is COC(=O)C(C)NCCOc1cccc(C)c1. The summed E-state index contributed by atoms with van der Waals surface area (Å²) in [5.41, 5.74) is 1.17. The maximum atomic E-state index is 11.1. The first-order valence-corrected chi connectivity index (χ1v) is 5.64. The van der Waals surface area contributed by atoms with Crippen LogP contribution in [0.3, 0.4) is 0 Å². The van der Waals surface area contributed by atoms with Gasteiger partial charge in [-0.2, -0.15) is 0 Å². The van der Waals surface area contributed by atoms with Gasteiger partial charge in [-0.05, 0) is 31.5 Å². The lowest BCUT2D eigenvalue weighted by atomic mass is 10.2. The van der Waals surface area contributed by atoms with Crippen LogP contribution in [0.25, 0.3) is 0 Å². The molecule has 0 amide bonds. The summed E-state index contributed by atoms with van der Waals surface area (Å²) >= 11 is 0. The molecule has 4 heteroatoms. The quantitative estimate of drug-likeness (QED) is 0.602. The highest BCUT2D eigenvalue weighted by atomic mass is 16.5. The average Bonchev–Trinajstić information content (AvgIpc) is 2.33. The van der Waals surface area contributed by atoms with Crippen molar-refractivity contribution in [2.75, 3.05) is 20.3 Å². The molecule has 94 valence electrons. The molecule has 4 nitrogen and oxygen atoms in total. The van der Waals surface area contributed by atoms with Crippen molar-refractivity contribution in [1.82, 2.24) is 5.32 Å². The number of esters is 1. The van der Waals surface area contributed by atoms with Crippen molar-refractivity contribution in [3.05, 3.63) is 29.8 Å². The average molecular weight is 237 g/mol. The van der Waals surface area contributed by atoms with Gasteiger partial charge in [0.25, 0.3) is 0 Å². The second-order valence-electron chi connectivity index (χ2n) is 3.86. The second kappa shape index (κ2) is 6.91. The third-order valence-electron chi connectivity index (χ3n) is 2.37. The topological polar surface area (TPSA) is 47.6 Å². The number of hydrogen-bond acceptors (Lipinski definition) is 4. The molecular weight excluding hydrogens is 218 g/mol. The third kappa shape index (κ3) is 4.87. The van der Waals surface area contributed by atoms with E-state index < -0.39 is 0 Å². The first-order valence-electron chi connectivity index (χ1n) is 5.64. The van der Waals surface area contributed by atoms with Crippen LogP contribution in [0.1, 0.15) is 12.5 Å². The van der Waals surface area contributed by atoms with Crippen LogP contribution < -0.4 is 10.1 Å². The summed E-state index contributed by atoms with van der Waals surface area (Å²) in [5, 5.41) is 3.02. The number of aryl methyl sites for hydroxylation is 1. The van der Waals surface area contributed by atoms with Crippen molar-refractivity contribution in [3.63, 3.8) is 0 Å². The summed E-state index contributed by atoms with van der Waals surface area (Å²) < 4.78 is 10.1. The number of benzene rings is 1. The Morgan fingerprint density at radius 2 is 2.24 bits per heavy atom. The van der Waals surface area contributed by atoms with E-state index in [4.69, 9.17) is 4.74 Å². The van der Waals surface area contributed by atoms with E-state index in [2.05, 4.69) is 10.1 Å². The van der Waals surface area contributed by atoms with Gasteiger partial charge in [0.1, 0.15) is 18.4 Å². The van der Waals surface area contributed by atoms with Crippen molar-refractivity contribution >= 4 is 5.97 Å². The zero-order valence-electron chi connectivity index (χ0n) is 10.5. The van der Waals surface area contributed by atoms with Crippen molar-refractivity contribution < 1.29 is 14.3 Å². The highest BCUT2D eigenvalue weighted by Crippen LogP contribution is 2.11. The minimum Gasteiger partial charge on any atom is -0.492 e. The van der Waals surface area contributed by atoms with Gasteiger partial charge in [-0.1, -0.05) is 12.1 Å². The number of methoxy groups -OCH3 is 1. The van der Waals surface area contributed by atoms with Gasteiger partial charge in [0, 0.05) is 6.54 Å². The summed E-state index contributed by atoms with van der Waals surface area (Å²) in [6, 6.07) is 7.56. The molecule has 17 heavy (non-hydrogen) atoms. The van der Waals surface area contributed by atoms with Crippen molar-refractivity contribution in [2.24, 2.45) is 0 Å². The lowest BCUT2D eigenvalue weighted by Crippen LogP contribution is -2.37. The molecule has 1 atom stereocenters. The van der Waals surface area contributed by atoms with Gasteiger partial charge in [-0.3, -0.25) is 4.79 Å². The molecule has 1 aromatic carbocycles. The number of ether oxygens (including phenoxy) is 2. The predicted octanol–water partition coefficient (Wildman–Crippen LogP) is 1.52. The monoisotopic (exact) mass is 237 g/mol. The molecule has 0 saturated carbocycles. The van der Waals surface area contributed by atoms with Crippen molar-refractivity contribution in [3.8, 4) is 5.75 Å². The molecule has 0 saturated heterocycles. The van der Waals surface area contributed by atoms with E-state index in [-0.39, 0.29) is 12.0 Å². The highest BCUT2D eigenvalue weighted by Gasteiger charge is 2.10. The van der Waals surface area contributed by atoms with Gasteiger partial charge >= 0.3 is 5.97 Å². The number of nitrogens with one attached hydrogen (secondary N) is 1. The van der Waals surface area contributed by atoms with E-state index in [0.29, 0.717) is 13.2 Å². The Labute approximate surface area is 102 Å². The van der Waals surface area contributed by atoms with Crippen LogP contribution in [0.2, 0.25) is 0 Å². The molecule has 1 aromatic rings. The van der Waals surface area contributed by atoms with E-state index in [9.17, 15) is 4.79 Å². The van der Waals surface area contributed by atoms with E-state index >= 15 is 0 Å². The van der Waals surface area contributed by atoms with Crippen molar-refractivity contribution in [1.29, 1.82) is 0 Å². The molecule has 1 rings (SSSR count). The Bertz CT molecular complexity index is 365. The summed E-state index contributed by atoms with van der Waals surface area (Å²) in [6.07, 6.45) is 0. The maximum absolute atomic E-state index is 11.1. The van der Waals surface area contributed by atoms with E-state index in [1.54, 1.807) is 6.92 Å². The summed E-state index contributed by atoms with van der Waals surface area (Å²) in [5.74, 6) is 0.582. The number of hydrogen-bond donors (Lipinski definition) is 1. The van der Waals surface area contributed by atoms with Crippen LogP contribution in [0.15, 0.2) is 24.3 Å². The van der Waals surface area contributed by atoms with E-state index in [0.717, 1.165) is 5.75 Å². The Balaban J connectivity index is 2.22. The van der Waals surface area contributed by atoms with Crippen LogP contribution in [0.4, 0.5) is 0 Å². The Kier molecular flexibility index (Phi) is 5.49. The van der Waals surface area contributed by atoms with Crippen molar-refractivity contribution in [2.45, 2.75) is 19.9 Å². The van der Waals surface area contributed by atoms with Crippen LogP contribution in [0.5, 0.6) is 5.75 Å². The number of carbonyl (C=O) groups is 1. The van der Waals surface area contributed by atoms with E-state index in [1.165, 1.54) is 12.7 Å². The molecule has 0 spiro atoms. The summed E-state index contributed by atoms with van der Waals surface area (Å²) in [4.78, 5) is 11.1. The number of carbonyl (C=O) groups excluding carboxylic acids is 1. The fraction of sp³-hybridized carbons (Fsp3) is 0.462. The summed E-state index contributed by atoms with van der Waals surface area (Å²) in [6.45, 7) is 4.90. The van der Waals surface area contributed by atoms with Gasteiger partial charge in [0.05, 0.1) is 7.11 Å². The predicted molar refractivity (Wildman–Crippen MR) is 66.2 cm³/mol. The molecule has 1 unspecified atom stereocenters. The first-order chi connectivity index (χ1) is 8.13. The molecule has 0 heterocycles. The molecular formula is C13H19NO3. The molecule has 0 radical (unpaired) electrons. The van der Waals surface area contributed by atoms with E-state index in [1.807, 2.05) is 31.2 Å². The normalized spacial score (nSPS) is 11.9. The second-order valence-corrected chi connectivity index (χ2v) is 3.86. The van der Waals surface area contributed by atoms with Crippen LogP contribution >= 0.6 is 0 Å². The molecule has 1 N–H and O–H groups in total. The Morgan fingerprint density at radius 3 is 2.88 bits per heavy atom. The fourth-order valence-electron chi connectivity index (χ4n) is 1.41. The molecule has 0 fully saturated rings. The lowest BCUT2D eigenvalue weighted by Gasteiger charge is -2.12. The smallest absolute Gasteiger partial charge is 0.322 e. The van der Waals surface area contributed by atoms with Crippen LogP contribution in [0, 0.1) is 6.92 Å². The zero-order valence-corrected chi connectivity index (χ0v) is 10.5.